The minimum Gasteiger partial charge on any atom is -0.298 e. The highest BCUT2D eigenvalue weighted by molar-refractivity contribution is 14.1. The molecule has 0 saturated heterocycles. The molecule has 1 nitrogen and oxygen atoms in total. The van der Waals surface area contributed by atoms with Gasteiger partial charge in [-0.3, -0.25) is 4.79 Å². The van der Waals surface area contributed by atoms with Crippen molar-refractivity contribution >= 4 is 44.8 Å². The summed E-state index contributed by atoms with van der Waals surface area (Å²) in [5.41, 5.74) is 0.701. The van der Waals surface area contributed by atoms with Crippen LogP contribution >= 0.6 is 38.5 Å². The molecule has 0 heterocycles. The van der Waals surface area contributed by atoms with E-state index in [9.17, 15) is 4.79 Å². The maximum absolute atomic E-state index is 10.3. The second-order valence-corrected chi connectivity index (χ2v) is 3.88. The lowest BCUT2D eigenvalue weighted by Gasteiger charge is -1.94. The Morgan fingerprint density at radius 1 is 1.50 bits per heavy atom. The number of rotatable bonds is 1. The smallest absolute Gasteiger partial charge is 0.151 e. The molecule has 0 aromatic heterocycles. The summed E-state index contributed by atoms with van der Waals surface area (Å²) in [6.45, 7) is 0. The van der Waals surface area contributed by atoms with E-state index in [1.807, 2.05) is 18.2 Å². The largest absolute Gasteiger partial charge is 0.298 e. The van der Waals surface area contributed by atoms with Crippen LogP contribution in [0.15, 0.2) is 22.7 Å². The van der Waals surface area contributed by atoms with Gasteiger partial charge in [-0.1, -0.05) is 15.9 Å². The van der Waals surface area contributed by atoms with Gasteiger partial charge >= 0.3 is 0 Å². The van der Waals surface area contributed by atoms with Crippen LogP contribution in [-0.2, 0) is 0 Å². The minimum absolute atomic E-state index is 0.701. The fraction of sp³-hybridized carbons (Fsp3) is 0. The number of carbonyl (C=O) groups excluding carboxylic acids is 1. The van der Waals surface area contributed by atoms with Gasteiger partial charge in [0.15, 0.2) is 6.29 Å². The zero-order chi connectivity index (χ0) is 7.56. The summed E-state index contributed by atoms with van der Waals surface area (Å²) in [4.78, 5) is 10.3. The van der Waals surface area contributed by atoms with Gasteiger partial charge in [0.2, 0.25) is 0 Å². The van der Waals surface area contributed by atoms with Crippen LogP contribution in [0.5, 0.6) is 0 Å². The van der Waals surface area contributed by atoms with Gasteiger partial charge in [0.25, 0.3) is 0 Å². The number of halogens is 2. The minimum atomic E-state index is 0.701. The average Bonchev–Trinajstić information content (AvgIpc) is 1.94. The monoisotopic (exact) mass is 310 g/mol. The zero-order valence-corrected chi connectivity index (χ0v) is 8.72. The molecule has 0 amide bonds. The van der Waals surface area contributed by atoms with Crippen molar-refractivity contribution in [3.63, 3.8) is 0 Å². The highest BCUT2D eigenvalue weighted by atomic mass is 127. The molecule has 0 fully saturated rings. The third-order valence-corrected chi connectivity index (χ3v) is 2.48. The first-order valence-corrected chi connectivity index (χ1v) is 4.51. The second-order valence-electron chi connectivity index (χ2n) is 1.78. The molecule has 0 aliphatic heterocycles. The summed E-state index contributed by atoms with van der Waals surface area (Å²) in [5.74, 6) is 0. The topological polar surface area (TPSA) is 17.1 Å². The Kier molecular flexibility index (Phi) is 2.85. The molecule has 0 spiro atoms. The summed E-state index contributed by atoms with van der Waals surface area (Å²) >= 11 is 5.42. The quantitative estimate of drug-likeness (QED) is 0.576. The molecule has 0 atom stereocenters. The fourth-order valence-corrected chi connectivity index (χ4v) is 1.46. The lowest BCUT2D eigenvalue weighted by atomic mass is 10.2. The Labute approximate surface area is 81.1 Å². The van der Waals surface area contributed by atoms with Crippen molar-refractivity contribution < 1.29 is 4.79 Å². The van der Waals surface area contributed by atoms with Crippen molar-refractivity contribution in [1.82, 2.24) is 0 Å². The Morgan fingerprint density at radius 2 is 2.20 bits per heavy atom. The maximum Gasteiger partial charge on any atom is 0.151 e. The summed E-state index contributed by atoms with van der Waals surface area (Å²) in [7, 11) is 0. The van der Waals surface area contributed by atoms with Crippen LogP contribution in [0.4, 0.5) is 0 Å². The van der Waals surface area contributed by atoms with Gasteiger partial charge in [-0.15, -0.1) is 0 Å². The van der Waals surface area contributed by atoms with Crippen molar-refractivity contribution in [3.8, 4) is 0 Å². The van der Waals surface area contributed by atoms with Crippen LogP contribution in [0.3, 0.4) is 0 Å². The van der Waals surface area contributed by atoms with E-state index in [-0.39, 0.29) is 0 Å². The predicted molar refractivity (Wildman–Crippen MR) is 52.2 cm³/mol. The van der Waals surface area contributed by atoms with Gasteiger partial charge in [-0.25, -0.2) is 0 Å². The van der Waals surface area contributed by atoms with E-state index in [1.54, 1.807) is 0 Å². The van der Waals surface area contributed by atoms with Crippen molar-refractivity contribution in [3.05, 3.63) is 31.8 Å². The van der Waals surface area contributed by atoms with Gasteiger partial charge in [0.1, 0.15) is 0 Å². The molecule has 1 rings (SSSR count). The fourth-order valence-electron chi connectivity index (χ4n) is 0.605. The van der Waals surface area contributed by atoms with Crippen LogP contribution in [0, 0.1) is 3.57 Å². The first-order chi connectivity index (χ1) is 4.74. The van der Waals surface area contributed by atoms with Crippen LogP contribution in [0.25, 0.3) is 0 Å². The molecule has 1 aromatic rings. The van der Waals surface area contributed by atoms with Gasteiger partial charge in [-0.05, 0) is 40.8 Å². The van der Waals surface area contributed by atoms with E-state index < -0.39 is 0 Å². The van der Waals surface area contributed by atoms with Crippen LogP contribution < -0.4 is 0 Å². The van der Waals surface area contributed by atoms with Gasteiger partial charge < -0.3 is 0 Å². The van der Waals surface area contributed by atoms with Crippen LogP contribution in [0.1, 0.15) is 10.4 Å². The maximum atomic E-state index is 10.3. The van der Waals surface area contributed by atoms with Gasteiger partial charge in [0, 0.05) is 13.6 Å². The van der Waals surface area contributed by atoms with Crippen molar-refractivity contribution in [1.29, 1.82) is 0 Å². The van der Waals surface area contributed by atoms with E-state index in [4.69, 9.17) is 0 Å². The molecular formula is C7H4BrIO. The molecule has 3 heteroatoms. The number of carbonyl (C=O) groups is 1. The molecule has 1 aromatic carbocycles. The van der Waals surface area contributed by atoms with E-state index >= 15 is 0 Å². The molecule has 0 radical (unpaired) electrons. The van der Waals surface area contributed by atoms with E-state index in [1.165, 1.54) is 0 Å². The molecule has 0 aliphatic rings. The van der Waals surface area contributed by atoms with E-state index in [0.29, 0.717) is 5.56 Å². The molecule has 0 aliphatic carbocycles. The molecule has 52 valence electrons. The standard InChI is InChI=1S/C7H4BrIO/c8-7-2-1-6(9)3-5(7)4-10/h1-4H. The Hall–Kier alpha value is 0.1000. The predicted octanol–water partition coefficient (Wildman–Crippen LogP) is 2.87. The normalized spacial score (nSPS) is 9.40. The summed E-state index contributed by atoms with van der Waals surface area (Å²) in [5, 5.41) is 0. The van der Waals surface area contributed by atoms with Crippen molar-refractivity contribution in [2.24, 2.45) is 0 Å². The SMILES string of the molecule is O=Cc1cc(I)ccc1Br. The summed E-state index contributed by atoms with van der Waals surface area (Å²) in [6, 6.07) is 5.64. The van der Waals surface area contributed by atoms with Crippen LogP contribution in [-0.4, -0.2) is 6.29 Å². The third kappa shape index (κ3) is 1.79. The highest BCUT2D eigenvalue weighted by Gasteiger charge is 1.96. The lowest BCUT2D eigenvalue weighted by Crippen LogP contribution is -1.82. The molecular weight excluding hydrogens is 307 g/mol. The highest BCUT2D eigenvalue weighted by Crippen LogP contribution is 2.17. The van der Waals surface area contributed by atoms with Crippen molar-refractivity contribution in [2.75, 3.05) is 0 Å². The number of benzene rings is 1. The van der Waals surface area contributed by atoms with Gasteiger partial charge in [-0.2, -0.15) is 0 Å². The van der Waals surface area contributed by atoms with Crippen molar-refractivity contribution in [2.45, 2.75) is 0 Å². The zero-order valence-electron chi connectivity index (χ0n) is 4.97. The average molecular weight is 311 g/mol. The number of hydrogen-bond donors (Lipinski definition) is 0. The molecule has 0 saturated carbocycles. The Balaban J connectivity index is 3.21. The Bertz CT molecular complexity index is 260. The summed E-state index contributed by atoms with van der Waals surface area (Å²) < 4.78 is 1.92. The van der Waals surface area contributed by atoms with E-state index in [0.717, 1.165) is 14.3 Å². The van der Waals surface area contributed by atoms with E-state index in [2.05, 4.69) is 38.5 Å². The third-order valence-electron chi connectivity index (χ3n) is 1.09. The number of aldehydes is 1. The summed E-state index contributed by atoms with van der Waals surface area (Å²) in [6.07, 6.45) is 0.840. The Morgan fingerprint density at radius 3 is 2.70 bits per heavy atom. The molecule has 10 heavy (non-hydrogen) atoms. The first-order valence-electron chi connectivity index (χ1n) is 2.64. The first kappa shape index (κ1) is 8.20. The molecule has 0 unspecified atom stereocenters. The van der Waals surface area contributed by atoms with Gasteiger partial charge in [0.05, 0.1) is 0 Å². The second kappa shape index (κ2) is 3.48. The number of hydrogen-bond acceptors (Lipinski definition) is 1. The molecule has 0 bridgehead atoms. The van der Waals surface area contributed by atoms with Crippen LogP contribution in [0.2, 0.25) is 0 Å². The molecule has 0 N–H and O–H groups in total. The lowest BCUT2D eigenvalue weighted by molar-refractivity contribution is 0.112.